The van der Waals surface area contributed by atoms with Gasteiger partial charge in [0.1, 0.15) is 9.88 Å². The number of thiophene rings is 1. The Morgan fingerprint density at radius 1 is 0.970 bits per heavy atom. The van der Waals surface area contributed by atoms with E-state index in [0.717, 1.165) is 23.3 Å². The number of hydrogen-bond donors (Lipinski definition) is 2. The number of carbonyl (C=O) groups excluding carboxylic acids is 4. The molecule has 2 rings (SSSR count). The van der Waals surface area contributed by atoms with Crippen molar-refractivity contribution in [2.24, 2.45) is 0 Å². The summed E-state index contributed by atoms with van der Waals surface area (Å²) in [6.07, 6.45) is 0.583. The van der Waals surface area contributed by atoms with Crippen molar-refractivity contribution in [3.8, 4) is 0 Å². The molecule has 0 spiro atoms. The highest BCUT2D eigenvalue weighted by atomic mass is 32.1. The zero-order valence-electron chi connectivity index (χ0n) is 19.3. The van der Waals surface area contributed by atoms with E-state index in [0.29, 0.717) is 0 Å². The summed E-state index contributed by atoms with van der Waals surface area (Å²) < 4.78 is 14.2. The van der Waals surface area contributed by atoms with Crippen LogP contribution in [0.15, 0.2) is 24.3 Å². The molecular weight excluding hydrogens is 448 g/mol. The molecule has 0 saturated carbocycles. The van der Waals surface area contributed by atoms with Gasteiger partial charge in [0.05, 0.1) is 39.9 Å². The number of aryl methyl sites for hydroxylation is 1. The largest absolute Gasteiger partial charge is 0.469 e. The van der Waals surface area contributed by atoms with Gasteiger partial charge in [-0.05, 0) is 24.5 Å². The SMILES string of the molecule is CCc1ccc(C(C)NCC(=O)Nc2sc(C(=O)OC)c(CC(=O)OC)c2C(=O)OC)cc1. The molecule has 1 unspecified atom stereocenters. The number of anilines is 1. The first-order valence-corrected chi connectivity index (χ1v) is 11.1. The van der Waals surface area contributed by atoms with E-state index in [1.165, 1.54) is 26.9 Å². The van der Waals surface area contributed by atoms with Crippen LogP contribution < -0.4 is 10.6 Å². The van der Waals surface area contributed by atoms with Crippen molar-refractivity contribution in [2.75, 3.05) is 33.2 Å². The molecule has 2 N–H and O–H groups in total. The molecule has 0 saturated heterocycles. The average Bonchev–Trinajstić information content (AvgIpc) is 3.18. The van der Waals surface area contributed by atoms with Crippen LogP contribution in [-0.4, -0.2) is 51.7 Å². The van der Waals surface area contributed by atoms with Gasteiger partial charge in [-0.3, -0.25) is 9.59 Å². The van der Waals surface area contributed by atoms with E-state index in [4.69, 9.17) is 9.47 Å². The number of methoxy groups -OCH3 is 3. The molecule has 0 bridgehead atoms. The van der Waals surface area contributed by atoms with E-state index in [1.807, 2.05) is 31.2 Å². The molecule has 1 aromatic carbocycles. The summed E-state index contributed by atoms with van der Waals surface area (Å²) in [5.74, 6) is -2.63. The molecule has 178 valence electrons. The second kappa shape index (κ2) is 12.1. The monoisotopic (exact) mass is 476 g/mol. The van der Waals surface area contributed by atoms with Crippen LogP contribution in [0.5, 0.6) is 0 Å². The van der Waals surface area contributed by atoms with Gasteiger partial charge in [-0.25, -0.2) is 9.59 Å². The minimum Gasteiger partial charge on any atom is -0.469 e. The third kappa shape index (κ3) is 6.62. The van der Waals surface area contributed by atoms with Crippen LogP contribution in [0.2, 0.25) is 0 Å². The zero-order chi connectivity index (χ0) is 24.5. The maximum absolute atomic E-state index is 12.6. The molecule has 1 amide bonds. The van der Waals surface area contributed by atoms with Crippen LogP contribution in [0.1, 0.15) is 56.6 Å². The highest BCUT2D eigenvalue weighted by Crippen LogP contribution is 2.35. The van der Waals surface area contributed by atoms with Gasteiger partial charge < -0.3 is 24.8 Å². The van der Waals surface area contributed by atoms with Crippen LogP contribution >= 0.6 is 11.3 Å². The van der Waals surface area contributed by atoms with Gasteiger partial charge in [0, 0.05) is 11.6 Å². The summed E-state index contributed by atoms with van der Waals surface area (Å²) in [5.41, 5.74) is 2.25. The Hall–Kier alpha value is -3.24. The molecule has 0 aliphatic heterocycles. The highest BCUT2D eigenvalue weighted by molar-refractivity contribution is 7.18. The maximum Gasteiger partial charge on any atom is 0.348 e. The Bertz CT molecular complexity index is 1010. The second-order valence-electron chi connectivity index (χ2n) is 7.10. The minimum absolute atomic E-state index is 0.0101. The zero-order valence-corrected chi connectivity index (χ0v) is 20.1. The second-order valence-corrected chi connectivity index (χ2v) is 8.12. The molecule has 0 aliphatic rings. The third-order valence-corrected chi connectivity index (χ3v) is 6.15. The molecule has 1 heterocycles. The Morgan fingerprint density at radius 3 is 2.15 bits per heavy atom. The van der Waals surface area contributed by atoms with Crippen molar-refractivity contribution in [1.82, 2.24) is 5.32 Å². The molecule has 2 aromatic rings. The fraction of sp³-hybridized carbons (Fsp3) is 0.391. The van der Waals surface area contributed by atoms with Crippen LogP contribution in [0.3, 0.4) is 0 Å². The Balaban J connectivity index is 2.23. The van der Waals surface area contributed by atoms with Gasteiger partial charge in [0.15, 0.2) is 0 Å². The topological polar surface area (TPSA) is 120 Å². The molecule has 1 atom stereocenters. The normalized spacial score (nSPS) is 11.4. The van der Waals surface area contributed by atoms with Crippen molar-refractivity contribution < 1.29 is 33.4 Å². The number of hydrogen-bond acceptors (Lipinski definition) is 9. The van der Waals surface area contributed by atoms with Gasteiger partial charge in [-0.15, -0.1) is 11.3 Å². The minimum atomic E-state index is -0.798. The molecule has 1 aromatic heterocycles. The fourth-order valence-corrected chi connectivity index (χ4v) is 4.23. The summed E-state index contributed by atoms with van der Waals surface area (Å²) in [4.78, 5) is 49.2. The van der Waals surface area contributed by atoms with Crippen molar-refractivity contribution in [2.45, 2.75) is 32.7 Å². The lowest BCUT2D eigenvalue weighted by atomic mass is 10.1. The van der Waals surface area contributed by atoms with E-state index < -0.39 is 23.8 Å². The van der Waals surface area contributed by atoms with E-state index in [2.05, 4.69) is 22.3 Å². The third-order valence-electron chi connectivity index (χ3n) is 5.03. The Morgan fingerprint density at radius 2 is 1.61 bits per heavy atom. The molecule has 10 heteroatoms. The number of rotatable bonds is 10. The molecule has 9 nitrogen and oxygen atoms in total. The number of nitrogens with one attached hydrogen (secondary N) is 2. The molecule has 0 aliphatic carbocycles. The predicted octanol–water partition coefficient (Wildman–Crippen LogP) is 2.89. The first-order valence-electron chi connectivity index (χ1n) is 10.3. The first-order chi connectivity index (χ1) is 15.7. The van der Waals surface area contributed by atoms with Gasteiger partial charge >= 0.3 is 17.9 Å². The van der Waals surface area contributed by atoms with Gasteiger partial charge in [0.25, 0.3) is 0 Å². The lowest BCUT2D eigenvalue weighted by Gasteiger charge is -2.14. The van der Waals surface area contributed by atoms with Crippen molar-refractivity contribution in [1.29, 1.82) is 0 Å². The Labute approximate surface area is 196 Å². The average molecular weight is 477 g/mol. The van der Waals surface area contributed by atoms with Crippen LogP contribution in [0.25, 0.3) is 0 Å². The lowest BCUT2D eigenvalue weighted by Crippen LogP contribution is -2.30. The van der Waals surface area contributed by atoms with Crippen molar-refractivity contribution >= 4 is 40.2 Å². The molecule has 33 heavy (non-hydrogen) atoms. The standard InChI is InChI=1S/C23H28N2O7S/c1-6-14-7-9-15(10-8-14)13(2)24-12-17(26)25-21-19(22(28)31-4)16(11-18(27)30-3)20(33-21)23(29)32-5/h7-10,13,24H,6,11-12H2,1-5H3,(H,25,26). The smallest absolute Gasteiger partial charge is 0.348 e. The molecule has 0 fully saturated rings. The van der Waals surface area contributed by atoms with Gasteiger partial charge in [0.2, 0.25) is 5.91 Å². The quantitative estimate of drug-likeness (QED) is 0.397. The number of amides is 1. The summed E-state index contributed by atoms with van der Waals surface area (Å²) in [7, 11) is 3.53. The van der Waals surface area contributed by atoms with E-state index in [9.17, 15) is 19.2 Å². The van der Waals surface area contributed by atoms with Gasteiger partial charge in [-0.2, -0.15) is 0 Å². The number of esters is 3. The maximum atomic E-state index is 12.6. The van der Waals surface area contributed by atoms with Crippen LogP contribution in [0.4, 0.5) is 5.00 Å². The highest BCUT2D eigenvalue weighted by Gasteiger charge is 2.30. The summed E-state index contributed by atoms with van der Waals surface area (Å²) in [6, 6.07) is 8.00. The first kappa shape index (κ1) is 26.0. The summed E-state index contributed by atoms with van der Waals surface area (Å²) >= 11 is 0.835. The van der Waals surface area contributed by atoms with E-state index >= 15 is 0 Å². The summed E-state index contributed by atoms with van der Waals surface area (Å²) in [5, 5.41) is 5.86. The van der Waals surface area contributed by atoms with E-state index in [-0.39, 0.29) is 40.0 Å². The summed E-state index contributed by atoms with van der Waals surface area (Å²) in [6.45, 7) is 3.97. The lowest BCUT2D eigenvalue weighted by molar-refractivity contribution is -0.139. The number of carbonyl (C=O) groups is 4. The molecule has 0 radical (unpaired) electrons. The van der Waals surface area contributed by atoms with Gasteiger partial charge in [-0.1, -0.05) is 31.2 Å². The van der Waals surface area contributed by atoms with Crippen LogP contribution in [0, 0.1) is 0 Å². The number of benzene rings is 1. The number of ether oxygens (including phenoxy) is 3. The Kier molecular flexibility index (Phi) is 9.56. The van der Waals surface area contributed by atoms with Crippen molar-refractivity contribution in [3.63, 3.8) is 0 Å². The molecular formula is C23H28N2O7S. The fourth-order valence-electron chi connectivity index (χ4n) is 3.09. The predicted molar refractivity (Wildman–Crippen MR) is 124 cm³/mol. The van der Waals surface area contributed by atoms with Crippen molar-refractivity contribution in [3.05, 3.63) is 51.4 Å². The van der Waals surface area contributed by atoms with Crippen LogP contribution in [-0.2, 0) is 36.6 Å². The van der Waals surface area contributed by atoms with E-state index in [1.54, 1.807) is 0 Å².